The van der Waals surface area contributed by atoms with E-state index in [2.05, 4.69) is 22.4 Å². The Kier molecular flexibility index (Phi) is 6.06. The summed E-state index contributed by atoms with van der Waals surface area (Å²) in [5.74, 6) is -1.07. The molecule has 0 saturated heterocycles. The van der Waals surface area contributed by atoms with Crippen molar-refractivity contribution >= 4 is 35.2 Å². The molecule has 4 rings (SSSR count). The molecule has 1 heterocycles. The average Bonchev–Trinajstić information content (AvgIpc) is 3.35. The molecule has 30 heavy (non-hydrogen) atoms. The van der Waals surface area contributed by atoms with Crippen molar-refractivity contribution in [2.45, 2.75) is 22.6 Å². The topological polar surface area (TPSA) is 88.5 Å². The van der Waals surface area contributed by atoms with Crippen LogP contribution < -0.4 is 5.32 Å². The van der Waals surface area contributed by atoms with Gasteiger partial charge in [0.05, 0.1) is 22.9 Å². The Morgan fingerprint density at radius 1 is 1.17 bits per heavy atom. The molecule has 3 aromatic rings. The molecule has 1 aliphatic rings. The molecule has 0 radical (unpaired) electrons. The summed E-state index contributed by atoms with van der Waals surface area (Å²) in [4.78, 5) is 28.0. The molecule has 0 saturated carbocycles. The van der Waals surface area contributed by atoms with Crippen LogP contribution in [0.1, 0.15) is 34.5 Å². The lowest BCUT2D eigenvalue weighted by Gasteiger charge is -2.17. The first kappa shape index (κ1) is 20.4. The van der Waals surface area contributed by atoms with E-state index >= 15 is 0 Å². The molecular formula is C22H20N2O4S2. The monoisotopic (exact) mass is 440 g/mol. The summed E-state index contributed by atoms with van der Waals surface area (Å²) in [5, 5.41) is 12.4. The number of fused-ring (bicyclic) bond motifs is 3. The van der Waals surface area contributed by atoms with Crippen LogP contribution in [0.25, 0.3) is 11.1 Å². The summed E-state index contributed by atoms with van der Waals surface area (Å²) >= 11 is 2.89. The number of nitrogens with one attached hydrogen (secondary N) is 1. The highest BCUT2D eigenvalue weighted by molar-refractivity contribution is 8.00. The van der Waals surface area contributed by atoms with Gasteiger partial charge in [0.1, 0.15) is 11.6 Å². The summed E-state index contributed by atoms with van der Waals surface area (Å²) in [6.45, 7) is 0.174. The van der Waals surface area contributed by atoms with E-state index in [1.807, 2.05) is 42.7 Å². The van der Waals surface area contributed by atoms with E-state index in [9.17, 15) is 14.7 Å². The number of carboxylic acids is 1. The molecular weight excluding hydrogens is 420 g/mol. The highest BCUT2D eigenvalue weighted by atomic mass is 32.2. The number of thiazole rings is 1. The lowest BCUT2D eigenvalue weighted by Crippen LogP contribution is -2.31. The van der Waals surface area contributed by atoms with Crippen LogP contribution in [0.2, 0.25) is 0 Å². The van der Waals surface area contributed by atoms with E-state index in [1.54, 1.807) is 6.20 Å². The van der Waals surface area contributed by atoms with Crippen LogP contribution in [0.5, 0.6) is 0 Å². The van der Waals surface area contributed by atoms with Crippen LogP contribution in [-0.2, 0) is 9.53 Å². The largest absolute Gasteiger partial charge is 0.481 e. The Labute approximate surface area is 182 Å². The number of ether oxygens (including phenoxy) is 1. The smallest absolute Gasteiger partial charge is 0.407 e. The number of hydrogen-bond donors (Lipinski definition) is 2. The van der Waals surface area contributed by atoms with Gasteiger partial charge in [-0.3, -0.25) is 4.79 Å². The molecule has 0 spiro atoms. The van der Waals surface area contributed by atoms with Crippen LogP contribution in [-0.4, -0.2) is 35.0 Å². The molecule has 2 N–H and O–H groups in total. The second kappa shape index (κ2) is 8.89. The number of nitrogens with zero attached hydrogens (tertiary/aromatic N) is 1. The average molecular weight is 441 g/mol. The Morgan fingerprint density at radius 2 is 1.80 bits per heavy atom. The zero-order chi connectivity index (χ0) is 21.1. The lowest BCUT2D eigenvalue weighted by molar-refractivity contribution is -0.137. The third-order valence-corrected chi connectivity index (χ3v) is 7.18. The van der Waals surface area contributed by atoms with Crippen LogP contribution in [0.3, 0.4) is 0 Å². The van der Waals surface area contributed by atoms with E-state index < -0.39 is 18.1 Å². The van der Waals surface area contributed by atoms with E-state index in [1.165, 1.54) is 23.1 Å². The van der Waals surface area contributed by atoms with Gasteiger partial charge in [-0.1, -0.05) is 48.5 Å². The predicted octanol–water partition coefficient (Wildman–Crippen LogP) is 4.92. The number of aromatic nitrogens is 1. The van der Waals surface area contributed by atoms with Gasteiger partial charge in [-0.2, -0.15) is 0 Å². The fourth-order valence-corrected chi connectivity index (χ4v) is 5.13. The fraction of sp³-hybridized carbons (Fsp3) is 0.227. The van der Waals surface area contributed by atoms with E-state index in [0.29, 0.717) is 5.01 Å². The van der Waals surface area contributed by atoms with Gasteiger partial charge in [-0.15, -0.1) is 23.1 Å². The van der Waals surface area contributed by atoms with Crippen molar-refractivity contribution in [2.24, 2.45) is 0 Å². The number of amides is 1. The summed E-state index contributed by atoms with van der Waals surface area (Å²) in [5.41, 5.74) is 4.55. The van der Waals surface area contributed by atoms with Gasteiger partial charge in [0.15, 0.2) is 0 Å². The number of thioether (sulfide) groups is 1. The van der Waals surface area contributed by atoms with Crippen LogP contribution in [0, 0.1) is 0 Å². The molecule has 6 nitrogen and oxygen atoms in total. The Bertz CT molecular complexity index is 1040. The number of alkyl carbamates (subject to hydrolysis) is 1. The molecule has 8 heteroatoms. The van der Waals surface area contributed by atoms with Gasteiger partial charge >= 0.3 is 12.1 Å². The lowest BCUT2D eigenvalue weighted by atomic mass is 9.98. The Hall–Kier alpha value is -2.84. The van der Waals surface area contributed by atoms with E-state index in [0.717, 1.165) is 26.5 Å². The van der Waals surface area contributed by atoms with Gasteiger partial charge < -0.3 is 15.2 Å². The number of benzene rings is 2. The summed E-state index contributed by atoms with van der Waals surface area (Å²) in [7, 11) is 0. The molecule has 0 unspecified atom stereocenters. The van der Waals surface area contributed by atoms with Crippen molar-refractivity contribution in [2.75, 3.05) is 12.9 Å². The molecule has 1 aliphatic carbocycles. The molecule has 0 bridgehead atoms. The summed E-state index contributed by atoms with van der Waals surface area (Å²) in [6.07, 6.45) is 2.69. The van der Waals surface area contributed by atoms with Crippen LogP contribution in [0.4, 0.5) is 4.79 Å². The van der Waals surface area contributed by atoms with E-state index in [-0.39, 0.29) is 18.9 Å². The third-order valence-electron chi connectivity index (χ3n) is 5.02. The van der Waals surface area contributed by atoms with Gasteiger partial charge in [-0.05, 0) is 28.5 Å². The number of carbonyl (C=O) groups excluding carboxylic acids is 1. The minimum Gasteiger partial charge on any atom is -0.481 e. The predicted molar refractivity (Wildman–Crippen MR) is 117 cm³/mol. The summed E-state index contributed by atoms with van der Waals surface area (Å²) < 4.78 is 6.49. The molecule has 1 aromatic heterocycles. The molecule has 154 valence electrons. The molecule has 0 fully saturated rings. The zero-order valence-corrected chi connectivity index (χ0v) is 17.8. The standard InChI is InChI=1S/C22H20N2O4S2/c1-29-20-11-23-21(30-20)18(10-19(25)26)24-22(27)28-12-17-15-8-4-2-6-13(15)14-7-3-5-9-16(14)17/h2-9,11,17-18H,10,12H2,1H3,(H,24,27)(H,25,26)/t18-/m1/s1. The van der Waals surface area contributed by atoms with Gasteiger partial charge in [0, 0.05) is 5.92 Å². The maximum atomic E-state index is 12.5. The van der Waals surface area contributed by atoms with Crippen LogP contribution >= 0.6 is 23.1 Å². The first-order chi connectivity index (χ1) is 14.6. The highest BCUT2D eigenvalue weighted by Gasteiger charge is 2.29. The minimum atomic E-state index is -1.01. The normalized spacial score (nSPS) is 13.4. The van der Waals surface area contributed by atoms with E-state index in [4.69, 9.17) is 4.74 Å². The third kappa shape index (κ3) is 4.20. The highest BCUT2D eigenvalue weighted by Crippen LogP contribution is 2.44. The molecule has 0 aliphatic heterocycles. The van der Waals surface area contributed by atoms with Crippen molar-refractivity contribution in [3.8, 4) is 11.1 Å². The van der Waals surface area contributed by atoms with Gasteiger partial charge in [0.2, 0.25) is 0 Å². The maximum Gasteiger partial charge on any atom is 0.407 e. The number of aliphatic carboxylic acids is 1. The first-order valence-corrected chi connectivity index (χ1v) is 11.4. The fourth-order valence-electron chi connectivity index (χ4n) is 3.68. The number of rotatable bonds is 7. The number of carboxylic acid groups (broad SMARTS) is 1. The molecule has 1 atom stereocenters. The first-order valence-electron chi connectivity index (χ1n) is 9.40. The molecule has 2 aromatic carbocycles. The number of hydrogen-bond acceptors (Lipinski definition) is 6. The van der Waals surface area contributed by atoms with Gasteiger partial charge in [-0.25, -0.2) is 9.78 Å². The van der Waals surface area contributed by atoms with Crippen LogP contribution in [0.15, 0.2) is 58.9 Å². The summed E-state index contributed by atoms with van der Waals surface area (Å²) in [6, 6.07) is 15.5. The van der Waals surface area contributed by atoms with Crippen molar-refractivity contribution in [3.05, 3.63) is 70.9 Å². The maximum absolute atomic E-state index is 12.5. The quantitative estimate of drug-likeness (QED) is 0.507. The van der Waals surface area contributed by atoms with Gasteiger partial charge in [0.25, 0.3) is 0 Å². The second-order valence-corrected chi connectivity index (χ2v) is 9.01. The Balaban J connectivity index is 1.47. The van der Waals surface area contributed by atoms with Crippen molar-refractivity contribution < 1.29 is 19.4 Å². The molecule has 1 amide bonds. The second-order valence-electron chi connectivity index (χ2n) is 6.84. The zero-order valence-electron chi connectivity index (χ0n) is 16.2. The number of carbonyl (C=O) groups is 2. The van der Waals surface area contributed by atoms with Crippen molar-refractivity contribution in [1.29, 1.82) is 0 Å². The van der Waals surface area contributed by atoms with Crippen molar-refractivity contribution in [3.63, 3.8) is 0 Å². The van der Waals surface area contributed by atoms with Crippen molar-refractivity contribution in [1.82, 2.24) is 10.3 Å². The minimum absolute atomic E-state index is 0.0518. The Morgan fingerprint density at radius 3 is 2.37 bits per heavy atom. The SMILES string of the molecule is CSc1cnc([C@@H](CC(=O)O)NC(=O)OCC2c3ccccc3-c3ccccc32)s1.